The summed E-state index contributed by atoms with van der Waals surface area (Å²) in [4.78, 5) is 15.8. The van der Waals surface area contributed by atoms with Gasteiger partial charge in [-0.1, -0.05) is 0 Å². The normalized spacial score (nSPS) is 18.1. The molecule has 1 aliphatic rings. The quantitative estimate of drug-likeness (QED) is 0.853. The number of hydrogen-bond acceptors (Lipinski definition) is 4. The maximum Gasteiger partial charge on any atom is 0.273 e. The summed E-state index contributed by atoms with van der Waals surface area (Å²) < 4.78 is 5.01. The third-order valence-corrected chi connectivity index (χ3v) is 3.26. The molecule has 1 unspecified atom stereocenters. The van der Waals surface area contributed by atoms with Gasteiger partial charge < -0.3 is 15.5 Å². The van der Waals surface area contributed by atoms with Gasteiger partial charge in [-0.05, 0) is 32.6 Å². The molecule has 1 aromatic heterocycles. The van der Waals surface area contributed by atoms with Crippen LogP contribution in [0.5, 0.6) is 0 Å². The zero-order valence-electron chi connectivity index (χ0n) is 10.0. The van der Waals surface area contributed by atoms with E-state index in [2.05, 4.69) is 10.3 Å². The minimum Gasteiger partial charge on any atom is -0.448 e. The molecule has 1 amide bonds. The van der Waals surface area contributed by atoms with Crippen molar-refractivity contribution >= 4 is 18.3 Å². The van der Waals surface area contributed by atoms with E-state index in [1.54, 1.807) is 6.92 Å². The molecule has 2 rings (SSSR count). The Kier molecular flexibility index (Phi) is 4.16. The summed E-state index contributed by atoms with van der Waals surface area (Å²) in [6.07, 6.45) is 3.54. The molecule has 0 aliphatic heterocycles. The first-order valence-corrected chi connectivity index (χ1v) is 5.49. The topological polar surface area (TPSA) is 81.2 Å². The highest BCUT2D eigenvalue weighted by Crippen LogP contribution is 2.39. The molecule has 96 valence electrons. The number of oxazole rings is 1. The molecule has 0 saturated heterocycles. The number of carbonyl (C=O) groups is 1. The van der Waals surface area contributed by atoms with Gasteiger partial charge in [-0.25, -0.2) is 4.98 Å². The maximum atomic E-state index is 11.9. The Hall–Kier alpha value is -1.07. The monoisotopic (exact) mass is 259 g/mol. The molecule has 17 heavy (non-hydrogen) atoms. The highest BCUT2D eigenvalue weighted by atomic mass is 35.5. The summed E-state index contributed by atoms with van der Waals surface area (Å²) in [5, 5.41) is 2.96. The molecule has 0 bridgehead atoms. The molecule has 1 fully saturated rings. The molecule has 1 saturated carbocycles. The minimum atomic E-state index is -0.317. The molecule has 1 aromatic rings. The number of halogens is 1. The van der Waals surface area contributed by atoms with Crippen LogP contribution in [0.3, 0.4) is 0 Å². The van der Waals surface area contributed by atoms with Crippen LogP contribution in [0.4, 0.5) is 0 Å². The summed E-state index contributed by atoms with van der Waals surface area (Å²) in [6, 6.07) is 0. The van der Waals surface area contributed by atoms with Gasteiger partial charge in [0.2, 0.25) is 0 Å². The Balaban J connectivity index is 0.00000144. The maximum absolute atomic E-state index is 11.9. The van der Waals surface area contributed by atoms with Gasteiger partial charge in [-0.2, -0.15) is 0 Å². The Labute approximate surface area is 107 Å². The third-order valence-electron chi connectivity index (χ3n) is 3.26. The van der Waals surface area contributed by atoms with Gasteiger partial charge in [0.15, 0.2) is 12.1 Å². The Bertz CT molecular complexity index is 403. The lowest BCUT2D eigenvalue weighted by Gasteiger charge is -2.29. The molecule has 0 spiro atoms. The highest BCUT2D eigenvalue weighted by molar-refractivity contribution is 5.93. The van der Waals surface area contributed by atoms with Gasteiger partial charge in [0.1, 0.15) is 5.76 Å². The number of nitrogens with two attached hydrogens (primary N) is 1. The Morgan fingerprint density at radius 2 is 2.35 bits per heavy atom. The Morgan fingerprint density at radius 3 is 2.76 bits per heavy atom. The number of hydrogen-bond donors (Lipinski definition) is 2. The van der Waals surface area contributed by atoms with Crippen LogP contribution in [-0.2, 0) is 0 Å². The van der Waals surface area contributed by atoms with E-state index in [9.17, 15) is 4.79 Å². The van der Waals surface area contributed by atoms with Crippen LogP contribution in [0.15, 0.2) is 10.8 Å². The fourth-order valence-electron chi connectivity index (χ4n) is 1.88. The number of aromatic nitrogens is 1. The van der Waals surface area contributed by atoms with E-state index in [0.29, 0.717) is 23.9 Å². The van der Waals surface area contributed by atoms with Crippen molar-refractivity contribution in [2.24, 2.45) is 11.7 Å². The number of rotatable bonds is 4. The number of nitrogens with one attached hydrogen (secondary N) is 1. The molecule has 1 aliphatic carbocycles. The lowest BCUT2D eigenvalue weighted by atomic mass is 9.96. The lowest BCUT2D eigenvalue weighted by molar-refractivity contribution is 0.0891. The van der Waals surface area contributed by atoms with Gasteiger partial charge in [0.05, 0.1) is 5.54 Å². The van der Waals surface area contributed by atoms with Gasteiger partial charge in [-0.3, -0.25) is 4.79 Å². The van der Waals surface area contributed by atoms with E-state index in [-0.39, 0.29) is 23.9 Å². The van der Waals surface area contributed by atoms with Gasteiger partial charge in [0, 0.05) is 6.54 Å². The molecule has 6 heteroatoms. The fourth-order valence-corrected chi connectivity index (χ4v) is 1.88. The van der Waals surface area contributed by atoms with Gasteiger partial charge in [-0.15, -0.1) is 12.4 Å². The van der Waals surface area contributed by atoms with E-state index in [1.165, 1.54) is 6.39 Å². The highest BCUT2D eigenvalue weighted by Gasteiger charge is 2.42. The average Bonchev–Trinajstić information content (AvgIpc) is 3.02. The molecular weight excluding hydrogens is 242 g/mol. The summed E-state index contributed by atoms with van der Waals surface area (Å²) >= 11 is 0. The van der Waals surface area contributed by atoms with Crippen molar-refractivity contribution in [2.45, 2.75) is 32.2 Å². The second kappa shape index (κ2) is 5.06. The third kappa shape index (κ3) is 2.79. The van der Waals surface area contributed by atoms with E-state index in [0.717, 1.165) is 12.8 Å². The van der Waals surface area contributed by atoms with Crippen molar-refractivity contribution in [3.63, 3.8) is 0 Å². The SMILES string of the molecule is Cc1ocnc1C(=O)NC(C)(CN)C1CC1.Cl. The lowest BCUT2D eigenvalue weighted by Crippen LogP contribution is -2.53. The first-order valence-electron chi connectivity index (χ1n) is 5.49. The number of nitrogens with zero attached hydrogens (tertiary/aromatic N) is 1. The van der Waals surface area contributed by atoms with Crippen LogP contribution in [-0.4, -0.2) is 23.0 Å². The van der Waals surface area contributed by atoms with E-state index >= 15 is 0 Å². The first-order chi connectivity index (χ1) is 7.57. The summed E-state index contributed by atoms with van der Waals surface area (Å²) in [5.74, 6) is 0.826. The molecule has 0 aromatic carbocycles. The summed E-state index contributed by atoms with van der Waals surface area (Å²) in [5.41, 5.74) is 5.76. The zero-order chi connectivity index (χ0) is 11.8. The molecule has 1 heterocycles. The van der Waals surface area contributed by atoms with Crippen LogP contribution in [0.2, 0.25) is 0 Å². The second-order valence-corrected chi connectivity index (χ2v) is 4.61. The second-order valence-electron chi connectivity index (χ2n) is 4.61. The van der Waals surface area contributed by atoms with Crippen molar-refractivity contribution in [1.82, 2.24) is 10.3 Å². The average molecular weight is 260 g/mol. The van der Waals surface area contributed by atoms with Gasteiger partial charge in [0.25, 0.3) is 5.91 Å². The predicted molar refractivity (Wildman–Crippen MR) is 66.1 cm³/mol. The van der Waals surface area contributed by atoms with Gasteiger partial charge >= 0.3 is 0 Å². The van der Waals surface area contributed by atoms with Crippen molar-refractivity contribution in [2.75, 3.05) is 6.54 Å². The fraction of sp³-hybridized carbons (Fsp3) is 0.636. The van der Waals surface area contributed by atoms with Crippen LogP contribution < -0.4 is 11.1 Å². The van der Waals surface area contributed by atoms with Crippen molar-refractivity contribution in [3.8, 4) is 0 Å². The van der Waals surface area contributed by atoms with E-state index in [1.807, 2.05) is 6.92 Å². The van der Waals surface area contributed by atoms with E-state index in [4.69, 9.17) is 10.2 Å². The van der Waals surface area contributed by atoms with Crippen LogP contribution in [0.25, 0.3) is 0 Å². The van der Waals surface area contributed by atoms with Crippen LogP contribution >= 0.6 is 12.4 Å². The van der Waals surface area contributed by atoms with Crippen molar-refractivity contribution in [1.29, 1.82) is 0 Å². The summed E-state index contributed by atoms with van der Waals surface area (Å²) in [7, 11) is 0. The summed E-state index contributed by atoms with van der Waals surface area (Å²) in [6.45, 7) is 4.15. The van der Waals surface area contributed by atoms with Crippen molar-refractivity contribution in [3.05, 3.63) is 17.8 Å². The van der Waals surface area contributed by atoms with Crippen molar-refractivity contribution < 1.29 is 9.21 Å². The van der Waals surface area contributed by atoms with E-state index < -0.39 is 0 Å². The van der Waals surface area contributed by atoms with Crippen LogP contribution in [0, 0.1) is 12.8 Å². The Morgan fingerprint density at radius 1 is 1.71 bits per heavy atom. The molecule has 1 atom stereocenters. The number of aryl methyl sites for hydroxylation is 1. The first kappa shape index (κ1) is 14.0. The zero-order valence-corrected chi connectivity index (χ0v) is 10.8. The predicted octanol–water partition coefficient (Wildman–Crippen LogP) is 1.26. The van der Waals surface area contributed by atoms with Crippen LogP contribution in [0.1, 0.15) is 36.0 Å². The molecule has 0 radical (unpaired) electrons. The number of amides is 1. The standard InChI is InChI=1S/C11H17N3O2.ClH/c1-7-9(13-6-16-7)10(15)14-11(2,5-12)8-3-4-8;/h6,8H,3-5,12H2,1-2H3,(H,14,15);1H. The molecule has 5 nitrogen and oxygen atoms in total. The number of carbonyl (C=O) groups excluding carboxylic acids is 1. The minimum absolute atomic E-state index is 0. The smallest absolute Gasteiger partial charge is 0.273 e. The largest absolute Gasteiger partial charge is 0.448 e. The molecule has 3 N–H and O–H groups in total. The molecular formula is C11H18ClN3O2.